The number of rotatable bonds is 6. The highest BCUT2D eigenvalue weighted by Crippen LogP contribution is 2.03. The van der Waals surface area contributed by atoms with E-state index in [1.54, 1.807) is 6.92 Å². The molecule has 0 heterocycles. The molecule has 0 radical (unpaired) electrons. The molecular weight excluding hydrogens is 178 g/mol. The second-order valence-electron chi connectivity index (χ2n) is 2.88. The minimum atomic E-state index is -2.48. The van der Waals surface area contributed by atoms with Crippen LogP contribution in [0, 0.1) is 11.3 Å². The van der Waals surface area contributed by atoms with Gasteiger partial charge in [0.05, 0.1) is 12.7 Å². The van der Waals surface area contributed by atoms with Crippen molar-refractivity contribution in [2.75, 3.05) is 19.8 Å². The molecule has 0 aliphatic rings. The summed E-state index contributed by atoms with van der Waals surface area (Å²) in [5, 5.41) is 11.6. The minimum Gasteiger partial charge on any atom is -0.373 e. The zero-order chi connectivity index (χ0) is 10.3. The van der Waals surface area contributed by atoms with Gasteiger partial charge in [-0.25, -0.2) is 8.78 Å². The summed E-state index contributed by atoms with van der Waals surface area (Å²) in [4.78, 5) is 0. The Bertz CT molecular complexity index is 181. The van der Waals surface area contributed by atoms with Crippen LogP contribution in [0.5, 0.6) is 0 Å². The van der Waals surface area contributed by atoms with Gasteiger partial charge < -0.3 is 4.74 Å². The van der Waals surface area contributed by atoms with Crippen LogP contribution in [0.25, 0.3) is 0 Å². The lowest BCUT2D eigenvalue weighted by molar-refractivity contribution is 0.00327. The zero-order valence-corrected chi connectivity index (χ0v) is 7.81. The molecule has 0 aliphatic carbocycles. The number of hydrogen-bond acceptors (Lipinski definition) is 3. The van der Waals surface area contributed by atoms with Gasteiger partial charge in [-0.1, -0.05) is 6.92 Å². The molecule has 0 rings (SSSR count). The molecule has 0 saturated carbocycles. The van der Waals surface area contributed by atoms with Gasteiger partial charge in [-0.15, -0.1) is 0 Å². The molecule has 3 nitrogen and oxygen atoms in total. The first-order valence-corrected chi connectivity index (χ1v) is 4.06. The monoisotopic (exact) mass is 192 g/mol. The van der Waals surface area contributed by atoms with E-state index in [2.05, 4.69) is 10.1 Å². The Morgan fingerprint density at radius 2 is 2.23 bits per heavy atom. The van der Waals surface area contributed by atoms with Crippen molar-refractivity contribution in [1.82, 2.24) is 5.32 Å². The van der Waals surface area contributed by atoms with E-state index in [-0.39, 0.29) is 6.61 Å². The average Bonchev–Trinajstić information content (AvgIpc) is 2.04. The predicted octanol–water partition coefficient (Wildman–Crippen LogP) is 1.16. The third-order valence-corrected chi connectivity index (χ3v) is 1.45. The summed E-state index contributed by atoms with van der Waals surface area (Å²) >= 11 is 0. The van der Waals surface area contributed by atoms with E-state index < -0.39 is 18.6 Å². The van der Waals surface area contributed by atoms with Crippen LogP contribution in [0.3, 0.4) is 0 Å². The Kier molecular flexibility index (Phi) is 5.51. The molecule has 0 spiro atoms. The van der Waals surface area contributed by atoms with Crippen molar-refractivity contribution in [2.45, 2.75) is 25.8 Å². The van der Waals surface area contributed by atoms with Crippen LogP contribution in [0.2, 0.25) is 0 Å². The van der Waals surface area contributed by atoms with Gasteiger partial charge in [-0.2, -0.15) is 5.26 Å². The molecule has 0 aromatic carbocycles. The number of ether oxygens (including phenoxy) is 1. The Balaban J connectivity index is 3.78. The van der Waals surface area contributed by atoms with Crippen molar-refractivity contribution < 1.29 is 13.5 Å². The molecular formula is C8H14F2N2O. The van der Waals surface area contributed by atoms with Gasteiger partial charge in [0.1, 0.15) is 12.1 Å². The van der Waals surface area contributed by atoms with Crippen LogP contribution in [0.15, 0.2) is 0 Å². The molecule has 0 saturated heterocycles. The number of likely N-dealkylation sites (N-methyl/N-ethyl adjacent to an activating group) is 1. The number of nitrogens with one attached hydrogen (secondary N) is 1. The fourth-order valence-electron chi connectivity index (χ4n) is 0.865. The summed E-state index contributed by atoms with van der Waals surface area (Å²) in [6, 6.07) is 1.97. The van der Waals surface area contributed by atoms with E-state index in [9.17, 15) is 8.78 Å². The molecule has 1 N–H and O–H groups in total. The molecule has 13 heavy (non-hydrogen) atoms. The van der Waals surface area contributed by atoms with Gasteiger partial charge in [0.15, 0.2) is 0 Å². The van der Waals surface area contributed by atoms with E-state index in [1.165, 1.54) is 0 Å². The van der Waals surface area contributed by atoms with Crippen molar-refractivity contribution in [2.24, 2.45) is 0 Å². The first-order chi connectivity index (χ1) is 6.04. The number of alkyl halides is 2. The maximum Gasteiger partial charge on any atom is 0.261 e. The molecule has 0 aromatic heterocycles. The third-order valence-electron chi connectivity index (χ3n) is 1.45. The smallest absolute Gasteiger partial charge is 0.261 e. The predicted molar refractivity (Wildman–Crippen MR) is 44.5 cm³/mol. The number of halogens is 2. The van der Waals surface area contributed by atoms with Crippen LogP contribution >= 0.6 is 0 Å². The van der Waals surface area contributed by atoms with E-state index in [0.717, 1.165) is 0 Å². The SMILES string of the molecule is CCNC(C)(C#N)COCC(F)F. The Morgan fingerprint density at radius 1 is 1.62 bits per heavy atom. The molecule has 0 aliphatic heterocycles. The average molecular weight is 192 g/mol. The maximum atomic E-state index is 11.7. The van der Waals surface area contributed by atoms with Crippen LogP contribution < -0.4 is 5.32 Å². The second-order valence-corrected chi connectivity index (χ2v) is 2.88. The fourth-order valence-corrected chi connectivity index (χ4v) is 0.865. The lowest BCUT2D eigenvalue weighted by Gasteiger charge is -2.21. The molecule has 0 bridgehead atoms. The van der Waals surface area contributed by atoms with E-state index >= 15 is 0 Å². The molecule has 1 atom stereocenters. The van der Waals surface area contributed by atoms with Gasteiger partial charge in [-0.3, -0.25) is 5.32 Å². The van der Waals surface area contributed by atoms with Crippen molar-refractivity contribution in [3.63, 3.8) is 0 Å². The summed E-state index contributed by atoms with van der Waals surface area (Å²) in [5.74, 6) is 0. The summed E-state index contributed by atoms with van der Waals surface area (Å²) < 4.78 is 28.0. The Hall–Kier alpha value is -0.730. The van der Waals surface area contributed by atoms with Gasteiger partial charge >= 0.3 is 0 Å². The van der Waals surface area contributed by atoms with Crippen molar-refractivity contribution in [3.05, 3.63) is 0 Å². The summed E-state index contributed by atoms with van der Waals surface area (Å²) in [6.07, 6.45) is -2.48. The number of nitrogens with zero attached hydrogens (tertiary/aromatic N) is 1. The van der Waals surface area contributed by atoms with Gasteiger partial charge in [0.2, 0.25) is 0 Å². The van der Waals surface area contributed by atoms with Gasteiger partial charge in [0.25, 0.3) is 6.43 Å². The van der Waals surface area contributed by atoms with E-state index in [1.807, 2.05) is 13.0 Å². The van der Waals surface area contributed by atoms with Crippen LogP contribution in [0.4, 0.5) is 8.78 Å². The van der Waals surface area contributed by atoms with Gasteiger partial charge in [0, 0.05) is 0 Å². The largest absolute Gasteiger partial charge is 0.373 e. The first-order valence-electron chi connectivity index (χ1n) is 4.06. The lowest BCUT2D eigenvalue weighted by atomic mass is 10.1. The topological polar surface area (TPSA) is 45.0 Å². The van der Waals surface area contributed by atoms with E-state index in [0.29, 0.717) is 6.54 Å². The van der Waals surface area contributed by atoms with Crippen LogP contribution in [-0.2, 0) is 4.74 Å². The quantitative estimate of drug-likeness (QED) is 0.686. The summed E-state index contributed by atoms with van der Waals surface area (Å²) in [5.41, 5.74) is -0.871. The third kappa shape index (κ3) is 5.50. The van der Waals surface area contributed by atoms with Crippen molar-refractivity contribution >= 4 is 0 Å². The lowest BCUT2D eigenvalue weighted by Crippen LogP contribution is -2.45. The molecule has 0 amide bonds. The second kappa shape index (κ2) is 5.84. The molecule has 0 aromatic rings. The van der Waals surface area contributed by atoms with Crippen molar-refractivity contribution in [3.8, 4) is 6.07 Å². The summed E-state index contributed by atoms with van der Waals surface area (Å²) in [6.45, 7) is 3.40. The first kappa shape index (κ1) is 12.3. The summed E-state index contributed by atoms with van der Waals surface area (Å²) in [7, 11) is 0. The Labute approximate surface area is 76.7 Å². The Morgan fingerprint density at radius 3 is 2.62 bits per heavy atom. The highest BCUT2D eigenvalue weighted by molar-refractivity contribution is 5.03. The maximum absolute atomic E-state index is 11.7. The van der Waals surface area contributed by atoms with Gasteiger partial charge in [-0.05, 0) is 13.5 Å². The molecule has 0 fully saturated rings. The molecule has 76 valence electrons. The zero-order valence-electron chi connectivity index (χ0n) is 7.81. The van der Waals surface area contributed by atoms with Crippen LogP contribution in [0.1, 0.15) is 13.8 Å². The standard InChI is InChI=1S/C8H14F2N2O/c1-3-12-8(2,5-11)6-13-4-7(9)10/h7,12H,3-4,6H2,1-2H3. The normalized spacial score (nSPS) is 15.4. The van der Waals surface area contributed by atoms with Crippen molar-refractivity contribution in [1.29, 1.82) is 5.26 Å². The molecule has 5 heteroatoms. The number of hydrogen-bond donors (Lipinski definition) is 1. The highest BCUT2D eigenvalue weighted by atomic mass is 19.3. The number of nitriles is 1. The van der Waals surface area contributed by atoms with E-state index in [4.69, 9.17) is 5.26 Å². The molecule has 1 unspecified atom stereocenters. The minimum absolute atomic E-state index is 0.0261. The highest BCUT2D eigenvalue weighted by Gasteiger charge is 2.22. The fraction of sp³-hybridized carbons (Fsp3) is 0.875. The van der Waals surface area contributed by atoms with Crippen LogP contribution in [-0.4, -0.2) is 31.7 Å².